The van der Waals surface area contributed by atoms with Gasteiger partial charge in [0.15, 0.2) is 0 Å². The summed E-state index contributed by atoms with van der Waals surface area (Å²) >= 11 is 11.9. The number of rotatable bonds is 3. The van der Waals surface area contributed by atoms with E-state index in [-0.39, 0.29) is 5.02 Å². The van der Waals surface area contributed by atoms with Gasteiger partial charge in [-0.05, 0) is 48.0 Å². The average Bonchev–Trinajstić information content (AvgIpc) is 2.36. The van der Waals surface area contributed by atoms with Gasteiger partial charge < -0.3 is 5.32 Å². The normalized spacial score (nSPS) is 10.7. The minimum absolute atomic E-state index is 0.123. The number of hydrogen-bond acceptors (Lipinski definition) is 1. The average molecular weight is 284 g/mol. The number of nitrogens with one attached hydrogen (secondary N) is 1. The summed E-state index contributed by atoms with van der Waals surface area (Å²) in [4.78, 5) is 0. The maximum absolute atomic E-state index is 13.1. The molecule has 0 spiro atoms. The zero-order valence-electron chi connectivity index (χ0n) is 9.81. The predicted octanol–water partition coefficient (Wildman–Crippen LogP) is 4.52. The van der Waals surface area contributed by atoms with Crippen molar-refractivity contribution in [2.45, 2.75) is 6.54 Å². The van der Waals surface area contributed by atoms with E-state index in [0.717, 1.165) is 16.7 Å². The van der Waals surface area contributed by atoms with E-state index in [1.54, 1.807) is 12.1 Å². The van der Waals surface area contributed by atoms with E-state index in [2.05, 4.69) is 5.32 Å². The van der Waals surface area contributed by atoms with Crippen molar-refractivity contribution in [3.05, 3.63) is 57.8 Å². The summed E-state index contributed by atoms with van der Waals surface area (Å²) in [5.74, 6) is -0.412. The van der Waals surface area contributed by atoms with Gasteiger partial charge in [0.1, 0.15) is 5.82 Å². The molecule has 1 N–H and O–H groups in total. The highest BCUT2D eigenvalue weighted by atomic mass is 35.5. The van der Waals surface area contributed by atoms with Crippen LogP contribution in [0.1, 0.15) is 5.56 Å². The fourth-order valence-electron chi connectivity index (χ4n) is 1.76. The zero-order valence-corrected chi connectivity index (χ0v) is 11.3. The van der Waals surface area contributed by atoms with E-state index in [0.29, 0.717) is 11.6 Å². The van der Waals surface area contributed by atoms with Gasteiger partial charge in [-0.3, -0.25) is 0 Å². The highest BCUT2D eigenvalue weighted by Gasteiger charge is 2.06. The van der Waals surface area contributed by atoms with Gasteiger partial charge in [-0.1, -0.05) is 35.3 Å². The summed E-state index contributed by atoms with van der Waals surface area (Å²) in [6, 6.07) is 10.4. The first-order valence-electron chi connectivity index (χ1n) is 5.50. The van der Waals surface area contributed by atoms with E-state index in [9.17, 15) is 4.39 Å². The van der Waals surface area contributed by atoms with Gasteiger partial charge in [0.05, 0.1) is 5.02 Å². The molecule has 0 radical (unpaired) electrons. The van der Waals surface area contributed by atoms with Gasteiger partial charge in [-0.15, -0.1) is 0 Å². The third-order valence-electron chi connectivity index (χ3n) is 2.67. The topological polar surface area (TPSA) is 12.0 Å². The third-order valence-corrected chi connectivity index (χ3v) is 3.32. The minimum atomic E-state index is -0.412. The molecule has 0 heterocycles. The molecule has 2 rings (SSSR count). The summed E-state index contributed by atoms with van der Waals surface area (Å²) in [7, 11) is 1.86. The van der Waals surface area contributed by atoms with Crippen LogP contribution < -0.4 is 5.32 Å². The van der Waals surface area contributed by atoms with Crippen LogP contribution in [0.4, 0.5) is 4.39 Å². The van der Waals surface area contributed by atoms with Gasteiger partial charge in [0.2, 0.25) is 0 Å². The largest absolute Gasteiger partial charge is 0.316 e. The fourth-order valence-corrected chi connectivity index (χ4v) is 2.12. The van der Waals surface area contributed by atoms with Gasteiger partial charge in [-0.2, -0.15) is 0 Å². The van der Waals surface area contributed by atoms with Gasteiger partial charge in [-0.25, -0.2) is 4.39 Å². The molecular formula is C14H12Cl2FN. The second kappa shape index (κ2) is 5.70. The molecule has 0 atom stereocenters. The molecule has 0 fully saturated rings. The molecule has 94 valence electrons. The smallest absolute Gasteiger partial charge is 0.141 e. The Morgan fingerprint density at radius 2 is 1.67 bits per heavy atom. The molecule has 0 aliphatic carbocycles. The second-order valence-electron chi connectivity index (χ2n) is 3.97. The van der Waals surface area contributed by atoms with Crippen molar-refractivity contribution >= 4 is 23.2 Å². The lowest BCUT2D eigenvalue weighted by atomic mass is 10.0. The maximum atomic E-state index is 13.1. The van der Waals surface area contributed by atoms with Gasteiger partial charge in [0, 0.05) is 11.6 Å². The monoisotopic (exact) mass is 283 g/mol. The summed E-state index contributed by atoms with van der Waals surface area (Å²) in [6.07, 6.45) is 0. The summed E-state index contributed by atoms with van der Waals surface area (Å²) in [6.45, 7) is 0.682. The molecule has 0 aliphatic rings. The van der Waals surface area contributed by atoms with E-state index < -0.39 is 5.82 Å². The Labute approximate surface area is 116 Å². The van der Waals surface area contributed by atoms with E-state index in [4.69, 9.17) is 23.2 Å². The van der Waals surface area contributed by atoms with E-state index in [1.807, 2.05) is 25.2 Å². The molecule has 0 aromatic heterocycles. The SMILES string of the molecule is CNCc1cc(-c2ccc(F)c(Cl)c2)ccc1Cl. The van der Waals surface area contributed by atoms with Crippen LogP contribution in [0, 0.1) is 5.82 Å². The molecule has 0 aliphatic heterocycles. The van der Waals surface area contributed by atoms with Crippen LogP contribution in [-0.2, 0) is 6.54 Å². The van der Waals surface area contributed by atoms with Crippen molar-refractivity contribution < 1.29 is 4.39 Å². The van der Waals surface area contributed by atoms with E-state index >= 15 is 0 Å². The van der Waals surface area contributed by atoms with E-state index in [1.165, 1.54) is 6.07 Å². The van der Waals surface area contributed by atoms with Crippen LogP contribution in [0.2, 0.25) is 10.0 Å². The van der Waals surface area contributed by atoms with Crippen molar-refractivity contribution in [2.75, 3.05) is 7.05 Å². The Hall–Kier alpha value is -1.09. The molecule has 0 unspecified atom stereocenters. The van der Waals surface area contributed by atoms with Crippen molar-refractivity contribution in [1.29, 1.82) is 0 Å². The first-order chi connectivity index (χ1) is 8.61. The van der Waals surface area contributed by atoms with Crippen LogP contribution in [0.3, 0.4) is 0 Å². The second-order valence-corrected chi connectivity index (χ2v) is 4.78. The molecule has 0 saturated heterocycles. The molecule has 4 heteroatoms. The summed E-state index contributed by atoms with van der Waals surface area (Å²) in [5.41, 5.74) is 2.83. The number of benzene rings is 2. The lowest BCUT2D eigenvalue weighted by Gasteiger charge is -2.08. The van der Waals surface area contributed by atoms with Crippen LogP contribution in [0.25, 0.3) is 11.1 Å². The standard InChI is InChI=1S/C14H12Cl2FN/c1-18-8-11-6-9(2-4-12(11)15)10-3-5-14(17)13(16)7-10/h2-7,18H,8H2,1H3. The molecule has 1 nitrogen and oxygen atoms in total. The van der Waals surface area contributed by atoms with Crippen molar-refractivity contribution in [3.63, 3.8) is 0 Å². The highest BCUT2D eigenvalue weighted by molar-refractivity contribution is 6.31. The predicted molar refractivity (Wildman–Crippen MR) is 74.6 cm³/mol. The van der Waals surface area contributed by atoms with Crippen molar-refractivity contribution in [2.24, 2.45) is 0 Å². The Bertz CT molecular complexity index is 570. The van der Waals surface area contributed by atoms with Crippen LogP contribution in [0.5, 0.6) is 0 Å². The number of hydrogen-bond donors (Lipinski definition) is 1. The molecule has 0 bridgehead atoms. The molecule has 2 aromatic rings. The van der Waals surface area contributed by atoms with Crippen LogP contribution in [0.15, 0.2) is 36.4 Å². The van der Waals surface area contributed by atoms with Crippen molar-refractivity contribution in [3.8, 4) is 11.1 Å². The third kappa shape index (κ3) is 2.83. The lowest BCUT2D eigenvalue weighted by Crippen LogP contribution is -2.05. The Kier molecular flexibility index (Phi) is 4.23. The number of halogens is 3. The first kappa shape index (κ1) is 13.3. The summed E-state index contributed by atoms with van der Waals surface area (Å²) in [5, 5.41) is 3.89. The van der Waals surface area contributed by atoms with Gasteiger partial charge in [0.25, 0.3) is 0 Å². The fraction of sp³-hybridized carbons (Fsp3) is 0.143. The quantitative estimate of drug-likeness (QED) is 0.873. The van der Waals surface area contributed by atoms with Crippen LogP contribution in [-0.4, -0.2) is 7.05 Å². The maximum Gasteiger partial charge on any atom is 0.141 e. The Morgan fingerprint density at radius 3 is 2.33 bits per heavy atom. The molecule has 18 heavy (non-hydrogen) atoms. The van der Waals surface area contributed by atoms with Gasteiger partial charge >= 0.3 is 0 Å². The van der Waals surface area contributed by atoms with Crippen LogP contribution >= 0.6 is 23.2 Å². The molecule has 0 amide bonds. The minimum Gasteiger partial charge on any atom is -0.316 e. The molecule has 2 aromatic carbocycles. The first-order valence-corrected chi connectivity index (χ1v) is 6.26. The molecular weight excluding hydrogens is 272 g/mol. The Balaban J connectivity index is 2.44. The Morgan fingerprint density at radius 1 is 1.00 bits per heavy atom. The molecule has 0 saturated carbocycles. The lowest BCUT2D eigenvalue weighted by molar-refractivity contribution is 0.628. The summed E-state index contributed by atoms with van der Waals surface area (Å²) < 4.78 is 13.1. The van der Waals surface area contributed by atoms with Crippen molar-refractivity contribution in [1.82, 2.24) is 5.32 Å². The zero-order chi connectivity index (χ0) is 13.1. The highest BCUT2D eigenvalue weighted by Crippen LogP contribution is 2.28.